The second-order valence-corrected chi connectivity index (χ2v) is 4.85. The fourth-order valence-corrected chi connectivity index (χ4v) is 2.10. The van der Waals surface area contributed by atoms with Crippen LogP contribution in [0, 0.1) is 11.6 Å². The fraction of sp³-hybridized carbons (Fsp3) is 0.571. The van der Waals surface area contributed by atoms with Crippen LogP contribution in [0.3, 0.4) is 0 Å². The van der Waals surface area contributed by atoms with Crippen molar-refractivity contribution in [2.45, 2.75) is 39.3 Å². The van der Waals surface area contributed by atoms with Gasteiger partial charge in [0.05, 0.1) is 0 Å². The lowest BCUT2D eigenvalue weighted by molar-refractivity contribution is 0.104. The molecular formula is C14H22F2N2. The average molecular weight is 256 g/mol. The Hall–Kier alpha value is -1.00. The molecule has 0 aromatic heterocycles. The Morgan fingerprint density at radius 1 is 1.17 bits per heavy atom. The largest absolute Gasteiger partial charge is 0.329 e. The highest BCUT2D eigenvalue weighted by Crippen LogP contribution is 2.21. The second kappa shape index (κ2) is 6.25. The lowest BCUT2D eigenvalue weighted by Crippen LogP contribution is -2.50. The Bertz CT molecular complexity index is 369. The van der Waals surface area contributed by atoms with Gasteiger partial charge >= 0.3 is 0 Å². The lowest BCUT2D eigenvalue weighted by atomic mass is 9.95. The van der Waals surface area contributed by atoms with Gasteiger partial charge in [-0.15, -0.1) is 0 Å². The van der Waals surface area contributed by atoms with Crippen molar-refractivity contribution in [3.63, 3.8) is 0 Å². The molecule has 4 heteroatoms. The third kappa shape index (κ3) is 3.50. The van der Waals surface area contributed by atoms with Crippen LogP contribution >= 0.6 is 0 Å². The van der Waals surface area contributed by atoms with Crippen molar-refractivity contribution >= 4 is 0 Å². The van der Waals surface area contributed by atoms with Gasteiger partial charge in [0.2, 0.25) is 0 Å². The van der Waals surface area contributed by atoms with Crippen molar-refractivity contribution in [1.82, 2.24) is 4.90 Å². The van der Waals surface area contributed by atoms with Gasteiger partial charge in [-0.25, -0.2) is 8.78 Å². The third-order valence-electron chi connectivity index (χ3n) is 3.64. The van der Waals surface area contributed by atoms with Crippen molar-refractivity contribution in [2.24, 2.45) is 5.73 Å². The number of rotatable bonds is 6. The number of nitrogens with zero attached hydrogens (tertiary/aromatic N) is 1. The number of hydrogen-bond donors (Lipinski definition) is 1. The first-order valence-corrected chi connectivity index (χ1v) is 6.35. The summed E-state index contributed by atoms with van der Waals surface area (Å²) in [6, 6.07) is 3.64. The highest BCUT2D eigenvalue weighted by Gasteiger charge is 2.27. The van der Waals surface area contributed by atoms with Gasteiger partial charge in [-0.3, -0.25) is 4.90 Å². The highest BCUT2D eigenvalue weighted by atomic mass is 19.1. The minimum Gasteiger partial charge on any atom is -0.329 e. The summed E-state index contributed by atoms with van der Waals surface area (Å²) in [5.41, 5.74) is 6.32. The number of likely N-dealkylation sites (N-methyl/N-ethyl adjacent to an activating group) is 1. The molecule has 1 atom stereocenters. The van der Waals surface area contributed by atoms with Crippen LogP contribution in [-0.2, 0) is 6.54 Å². The Kier molecular flexibility index (Phi) is 5.23. The summed E-state index contributed by atoms with van der Waals surface area (Å²) in [5.74, 6) is -1.07. The van der Waals surface area contributed by atoms with Gasteiger partial charge in [-0.1, -0.05) is 13.8 Å². The summed E-state index contributed by atoms with van der Waals surface area (Å²) in [7, 11) is 0. The maximum Gasteiger partial charge on any atom is 0.126 e. The number of benzene rings is 1. The van der Waals surface area contributed by atoms with Crippen LogP contribution in [0.15, 0.2) is 18.2 Å². The Labute approximate surface area is 108 Å². The zero-order valence-electron chi connectivity index (χ0n) is 11.3. The zero-order valence-corrected chi connectivity index (χ0v) is 11.3. The Morgan fingerprint density at radius 2 is 1.72 bits per heavy atom. The van der Waals surface area contributed by atoms with Crippen LogP contribution < -0.4 is 5.73 Å². The summed E-state index contributed by atoms with van der Waals surface area (Å²) in [6.07, 6.45) is 0.898. The molecule has 0 saturated heterocycles. The first kappa shape index (κ1) is 15.1. The molecule has 1 aromatic carbocycles. The quantitative estimate of drug-likeness (QED) is 0.848. The number of halogens is 2. The molecule has 0 amide bonds. The maximum atomic E-state index is 13.2. The first-order valence-electron chi connectivity index (χ1n) is 6.35. The van der Waals surface area contributed by atoms with Crippen LogP contribution in [0.2, 0.25) is 0 Å². The summed E-state index contributed by atoms with van der Waals surface area (Å²) < 4.78 is 26.3. The Morgan fingerprint density at radius 3 is 2.11 bits per heavy atom. The van der Waals surface area contributed by atoms with Crippen molar-refractivity contribution in [1.29, 1.82) is 0 Å². The van der Waals surface area contributed by atoms with Gasteiger partial charge < -0.3 is 5.73 Å². The van der Waals surface area contributed by atoms with E-state index in [1.165, 1.54) is 12.1 Å². The van der Waals surface area contributed by atoms with E-state index in [-0.39, 0.29) is 5.54 Å². The molecule has 0 bridgehead atoms. The highest BCUT2D eigenvalue weighted by molar-refractivity contribution is 5.18. The molecule has 0 aliphatic carbocycles. The molecule has 0 heterocycles. The molecule has 0 fully saturated rings. The van der Waals surface area contributed by atoms with Crippen LogP contribution in [0.1, 0.15) is 32.8 Å². The molecule has 0 saturated carbocycles. The van der Waals surface area contributed by atoms with E-state index in [0.717, 1.165) is 19.0 Å². The van der Waals surface area contributed by atoms with Gasteiger partial charge in [0.25, 0.3) is 0 Å². The third-order valence-corrected chi connectivity index (χ3v) is 3.64. The maximum absolute atomic E-state index is 13.2. The van der Waals surface area contributed by atoms with Crippen LogP contribution in [0.4, 0.5) is 8.78 Å². The van der Waals surface area contributed by atoms with Gasteiger partial charge in [0.15, 0.2) is 0 Å². The SMILES string of the molecule is CCN(Cc1cc(F)cc(F)c1)C(C)(CC)CN. The summed E-state index contributed by atoms with van der Waals surface area (Å²) >= 11 is 0. The van der Waals surface area contributed by atoms with Gasteiger partial charge in [0.1, 0.15) is 11.6 Å². The molecule has 1 unspecified atom stereocenters. The number of hydrogen-bond acceptors (Lipinski definition) is 2. The normalized spacial score (nSPS) is 14.8. The lowest BCUT2D eigenvalue weighted by Gasteiger charge is -2.39. The predicted octanol–water partition coefficient (Wildman–Crippen LogP) is 2.91. The van der Waals surface area contributed by atoms with Crippen molar-refractivity contribution in [2.75, 3.05) is 13.1 Å². The van der Waals surface area contributed by atoms with E-state index in [1.807, 2.05) is 6.92 Å². The molecule has 0 spiro atoms. The van der Waals surface area contributed by atoms with Crippen LogP contribution in [0.5, 0.6) is 0 Å². The van der Waals surface area contributed by atoms with Crippen molar-refractivity contribution in [3.05, 3.63) is 35.4 Å². The monoisotopic (exact) mass is 256 g/mol. The van der Waals surface area contributed by atoms with Crippen LogP contribution in [0.25, 0.3) is 0 Å². The molecular weight excluding hydrogens is 234 g/mol. The molecule has 2 nitrogen and oxygen atoms in total. The molecule has 18 heavy (non-hydrogen) atoms. The molecule has 0 aliphatic heterocycles. The molecule has 0 radical (unpaired) electrons. The van der Waals surface area contributed by atoms with E-state index in [2.05, 4.69) is 18.7 Å². The molecule has 0 aliphatic rings. The average Bonchev–Trinajstić information content (AvgIpc) is 2.34. The Balaban J connectivity index is 2.92. The summed E-state index contributed by atoms with van der Waals surface area (Å²) in [4.78, 5) is 2.15. The van der Waals surface area contributed by atoms with E-state index in [4.69, 9.17) is 5.73 Å². The second-order valence-electron chi connectivity index (χ2n) is 4.85. The van der Waals surface area contributed by atoms with Gasteiger partial charge in [-0.05, 0) is 37.6 Å². The summed E-state index contributed by atoms with van der Waals surface area (Å²) in [5, 5.41) is 0. The van der Waals surface area contributed by atoms with E-state index >= 15 is 0 Å². The van der Waals surface area contributed by atoms with Gasteiger partial charge in [0, 0.05) is 24.7 Å². The molecule has 1 rings (SSSR count). The smallest absolute Gasteiger partial charge is 0.126 e. The standard InChI is InChI=1S/C14H22F2N2/c1-4-14(3,10-17)18(5-2)9-11-6-12(15)8-13(16)7-11/h6-8H,4-5,9-10,17H2,1-3H3. The van der Waals surface area contributed by atoms with Gasteiger partial charge in [-0.2, -0.15) is 0 Å². The first-order chi connectivity index (χ1) is 8.45. The van der Waals surface area contributed by atoms with Crippen molar-refractivity contribution in [3.8, 4) is 0 Å². The van der Waals surface area contributed by atoms with E-state index in [9.17, 15) is 8.78 Å². The van der Waals surface area contributed by atoms with Crippen LogP contribution in [-0.4, -0.2) is 23.5 Å². The fourth-order valence-electron chi connectivity index (χ4n) is 2.10. The molecule has 1 aromatic rings. The van der Waals surface area contributed by atoms with E-state index in [0.29, 0.717) is 18.7 Å². The minimum absolute atomic E-state index is 0.141. The van der Waals surface area contributed by atoms with E-state index in [1.54, 1.807) is 0 Å². The minimum atomic E-state index is -0.535. The molecule has 102 valence electrons. The summed E-state index contributed by atoms with van der Waals surface area (Å²) in [6.45, 7) is 7.99. The zero-order chi connectivity index (χ0) is 13.8. The van der Waals surface area contributed by atoms with Crippen molar-refractivity contribution < 1.29 is 8.78 Å². The predicted molar refractivity (Wildman–Crippen MR) is 70.2 cm³/mol. The topological polar surface area (TPSA) is 29.3 Å². The van der Waals surface area contributed by atoms with E-state index < -0.39 is 11.6 Å². The molecule has 2 N–H and O–H groups in total. The number of nitrogens with two attached hydrogens (primary N) is 1.